The maximum atomic E-state index is 12.5. The van der Waals surface area contributed by atoms with E-state index in [1.165, 1.54) is 0 Å². The molecule has 0 aromatic heterocycles. The van der Waals surface area contributed by atoms with Gasteiger partial charge >= 0.3 is 6.03 Å². The molecule has 0 saturated heterocycles. The van der Waals surface area contributed by atoms with E-state index in [-0.39, 0.29) is 18.5 Å². The summed E-state index contributed by atoms with van der Waals surface area (Å²) in [5.41, 5.74) is 4.09. The normalized spacial score (nSPS) is 12.7. The van der Waals surface area contributed by atoms with E-state index in [1.54, 1.807) is 23.1 Å². The van der Waals surface area contributed by atoms with Gasteiger partial charge in [-0.3, -0.25) is 4.79 Å². The molecular formula is C23H21N3O3. The van der Waals surface area contributed by atoms with Crippen molar-refractivity contribution in [1.82, 2.24) is 0 Å². The van der Waals surface area contributed by atoms with Crippen molar-refractivity contribution < 1.29 is 14.3 Å². The first kappa shape index (κ1) is 18.6. The standard InChI is InChI=1S/C23H21N3O3/c1-16-7-5-6-8-17(16)14-26-20-13-19(11-12-21(20)29-15-22(26)27)25-23(28)24-18-9-3-2-4-10-18/h2-13H,14-15H2,1H3,(H2,24,25,28). The number of rotatable bonds is 4. The zero-order valence-electron chi connectivity index (χ0n) is 16.0. The fourth-order valence-electron chi connectivity index (χ4n) is 3.23. The number of carbonyl (C=O) groups is 2. The average Bonchev–Trinajstić information content (AvgIpc) is 2.72. The number of benzene rings is 3. The fraction of sp³-hybridized carbons (Fsp3) is 0.130. The lowest BCUT2D eigenvalue weighted by atomic mass is 10.1. The topological polar surface area (TPSA) is 70.7 Å². The third-order valence-electron chi connectivity index (χ3n) is 4.78. The second-order valence-corrected chi connectivity index (χ2v) is 6.82. The van der Waals surface area contributed by atoms with E-state index < -0.39 is 0 Å². The summed E-state index contributed by atoms with van der Waals surface area (Å²) < 4.78 is 5.57. The van der Waals surface area contributed by atoms with Crippen LogP contribution >= 0.6 is 0 Å². The molecule has 1 aliphatic heterocycles. The highest BCUT2D eigenvalue weighted by atomic mass is 16.5. The summed E-state index contributed by atoms with van der Waals surface area (Å²) in [5.74, 6) is 0.499. The van der Waals surface area contributed by atoms with Gasteiger partial charge in [0, 0.05) is 11.4 Å². The second kappa shape index (κ2) is 8.06. The number of para-hydroxylation sites is 1. The van der Waals surface area contributed by atoms with Crippen LogP contribution in [0.3, 0.4) is 0 Å². The molecule has 1 aliphatic rings. The van der Waals surface area contributed by atoms with Crippen LogP contribution in [-0.2, 0) is 11.3 Å². The molecule has 3 amide bonds. The third kappa shape index (κ3) is 4.21. The lowest BCUT2D eigenvalue weighted by molar-refractivity contribution is -0.121. The zero-order chi connectivity index (χ0) is 20.2. The summed E-state index contributed by atoms with van der Waals surface area (Å²) in [4.78, 5) is 26.5. The van der Waals surface area contributed by atoms with Gasteiger partial charge in [0.2, 0.25) is 0 Å². The molecule has 6 heteroatoms. The molecule has 0 atom stereocenters. The van der Waals surface area contributed by atoms with E-state index in [0.717, 1.165) is 11.1 Å². The van der Waals surface area contributed by atoms with Crippen LogP contribution in [0.15, 0.2) is 72.8 Å². The predicted octanol–water partition coefficient (Wildman–Crippen LogP) is 4.56. The number of ether oxygens (including phenoxy) is 1. The SMILES string of the molecule is Cc1ccccc1CN1C(=O)COc2ccc(NC(=O)Nc3ccccc3)cc21. The second-order valence-electron chi connectivity index (χ2n) is 6.82. The van der Waals surface area contributed by atoms with Crippen LogP contribution < -0.4 is 20.3 Å². The molecule has 0 fully saturated rings. The Kier molecular flexibility index (Phi) is 5.16. The Morgan fingerprint density at radius 2 is 1.69 bits per heavy atom. The molecule has 3 aromatic rings. The van der Waals surface area contributed by atoms with Gasteiger partial charge in [-0.2, -0.15) is 0 Å². The van der Waals surface area contributed by atoms with Crippen molar-refractivity contribution in [2.45, 2.75) is 13.5 Å². The van der Waals surface area contributed by atoms with Crippen molar-refractivity contribution in [2.75, 3.05) is 22.1 Å². The van der Waals surface area contributed by atoms with Crippen molar-refractivity contribution in [3.63, 3.8) is 0 Å². The molecule has 2 N–H and O–H groups in total. The summed E-state index contributed by atoms with van der Waals surface area (Å²) >= 11 is 0. The van der Waals surface area contributed by atoms with Crippen LogP contribution in [0, 0.1) is 6.92 Å². The Morgan fingerprint density at radius 3 is 2.48 bits per heavy atom. The zero-order valence-corrected chi connectivity index (χ0v) is 16.0. The van der Waals surface area contributed by atoms with Crippen molar-refractivity contribution >= 4 is 29.0 Å². The number of fused-ring (bicyclic) bond motifs is 1. The smallest absolute Gasteiger partial charge is 0.323 e. The minimum Gasteiger partial charge on any atom is -0.482 e. The highest BCUT2D eigenvalue weighted by Crippen LogP contribution is 2.35. The molecule has 4 rings (SSSR count). The summed E-state index contributed by atoms with van der Waals surface area (Å²) in [6.45, 7) is 2.47. The fourth-order valence-corrected chi connectivity index (χ4v) is 3.23. The van der Waals surface area contributed by atoms with Gasteiger partial charge in [-0.25, -0.2) is 4.79 Å². The van der Waals surface area contributed by atoms with Gasteiger partial charge in [0.05, 0.1) is 12.2 Å². The van der Waals surface area contributed by atoms with Crippen molar-refractivity contribution in [1.29, 1.82) is 0 Å². The van der Waals surface area contributed by atoms with Gasteiger partial charge in [0.25, 0.3) is 5.91 Å². The monoisotopic (exact) mass is 387 g/mol. The summed E-state index contributed by atoms with van der Waals surface area (Å²) in [7, 11) is 0. The lowest BCUT2D eigenvalue weighted by Gasteiger charge is -2.30. The van der Waals surface area contributed by atoms with E-state index in [0.29, 0.717) is 29.4 Å². The molecule has 3 aromatic carbocycles. The molecule has 0 bridgehead atoms. The van der Waals surface area contributed by atoms with Gasteiger partial charge in [-0.05, 0) is 48.4 Å². The number of nitrogens with one attached hydrogen (secondary N) is 2. The van der Waals surface area contributed by atoms with Gasteiger partial charge in [-0.1, -0.05) is 42.5 Å². The van der Waals surface area contributed by atoms with Gasteiger partial charge in [0.15, 0.2) is 6.61 Å². The number of urea groups is 1. The Balaban J connectivity index is 1.55. The Bertz CT molecular complexity index is 1050. The number of hydrogen-bond donors (Lipinski definition) is 2. The lowest BCUT2D eigenvalue weighted by Crippen LogP contribution is -2.38. The number of nitrogens with zero attached hydrogens (tertiary/aromatic N) is 1. The number of carbonyl (C=O) groups excluding carboxylic acids is 2. The van der Waals surface area contributed by atoms with E-state index in [1.807, 2.05) is 61.5 Å². The largest absolute Gasteiger partial charge is 0.482 e. The highest BCUT2D eigenvalue weighted by Gasteiger charge is 2.26. The quantitative estimate of drug-likeness (QED) is 0.689. The van der Waals surface area contributed by atoms with E-state index in [2.05, 4.69) is 10.6 Å². The van der Waals surface area contributed by atoms with Crippen LogP contribution in [0.25, 0.3) is 0 Å². The van der Waals surface area contributed by atoms with Crippen LogP contribution in [0.2, 0.25) is 0 Å². The molecule has 0 saturated carbocycles. The first-order valence-corrected chi connectivity index (χ1v) is 9.35. The minimum absolute atomic E-state index is 0.000149. The molecular weight excluding hydrogens is 366 g/mol. The Labute approximate surface area is 169 Å². The number of hydrogen-bond acceptors (Lipinski definition) is 3. The van der Waals surface area contributed by atoms with E-state index >= 15 is 0 Å². The summed E-state index contributed by atoms with van der Waals surface area (Å²) in [6.07, 6.45) is 0. The number of anilines is 3. The molecule has 29 heavy (non-hydrogen) atoms. The highest BCUT2D eigenvalue weighted by molar-refractivity contribution is 6.02. The van der Waals surface area contributed by atoms with Crippen LogP contribution in [0.1, 0.15) is 11.1 Å². The van der Waals surface area contributed by atoms with Gasteiger partial charge < -0.3 is 20.3 Å². The minimum atomic E-state index is -0.357. The average molecular weight is 387 g/mol. The molecule has 0 spiro atoms. The third-order valence-corrected chi connectivity index (χ3v) is 4.78. The molecule has 0 unspecified atom stereocenters. The predicted molar refractivity (Wildman–Crippen MR) is 113 cm³/mol. The van der Waals surface area contributed by atoms with Crippen LogP contribution in [0.4, 0.5) is 21.9 Å². The van der Waals surface area contributed by atoms with Crippen molar-refractivity contribution in [2.24, 2.45) is 0 Å². The molecule has 1 heterocycles. The summed E-state index contributed by atoms with van der Waals surface area (Å²) in [5, 5.41) is 5.58. The molecule has 146 valence electrons. The number of aryl methyl sites for hydroxylation is 1. The van der Waals surface area contributed by atoms with Crippen LogP contribution in [0.5, 0.6) is 5.75 Å². The van der Waals surface area contributed by atoms with Gasteiger partial charge in [-0.15, -0.1) is 0 Å². The van der Waals surface area contributed by atoms with E-state index in [4.69, 9.17) is 4.74 Å². The molecule has 0 radical (unpaired) electrons. The summed E-state index contributed by atoms with van der Waals surface area (Å²) in [6, 6.07) is 22.1. The maximum absolute atomic E-state index is 12.5. The van der Waals surface area contributed by atoms with E-state index in [9.17, 15) is 9.59 Å². The van der Waals surface area contributed by atoms with Gasteiger partial charge in [0.1, 0.15) is 5.75 Å². The van der Waals surface area contributed by atoms with Crippen LogP contribution in [-0.4, -0.2) is 18.5 Å². The number of amides is 3. The maximum Gasteiger partial charge on any atom is 0.323 e. The van der Waals surface area contributed by atoms with Crippen molar-refractivity contribution in [3.8, 4) is 5.75 Å². The Morgan fingerprint density at radius 1 is 0.966 bits per heavy atom. The first-order valence-electron chi connectivity index (χ1n) is 9.35. The Hall–Kier alpha value is -3.80. The molecule has 0 aliphatic carbocycles. The first-order chi connectivity index (χ1) is 14.1. The van der Waals surface area contributed by atoms with Crippen molar-refractivity contribution in [3.05, 3.63) is 83.9 Å². The molecule has 6 nitrogen and oxygen atoms in total.